The summed E-state index contributed by atoms with van der Waals surface area (Å²) >= 11 is 0. The summed E-state index contributed by atoms with van der Waals surface area (Å²) < 4.78 is 0. The molecule has 4 rings (SSSR count). The van der Waals surface area contributed by atoms with Gasteiger partial charge in [0.05, 0.1) is 0 Å². The van der Waals surface area contributed by atoms with Crippen LogP contribution >= 0.6 is 0 Å². The van der Waals surface area contributed by atoms with Crippen LogP contribution in [0.4, 0.5) is 0 Å². The Hall–Kier alpha value is -2.73. The van der Waals surface area contributed by atoms with Crippen molar-refractivity contribution in [3.8, 4) is 0 Å². The molecule has 2 aliphatic rings. The number of piperazine rings is 1. The van der Waals surface area contributed by atoms with Gasteiger partial charge in [-0.25, -0.2) is 0 Å². The zero-order valence-electron chi connectivity index (χ0n) is 15.4. The zero-order valence-corrected chi connectivity index (χ0v) is 15.4. The fraction of sp³-hybridized carbons (Fsp3) is 0.381. The second-order valence-electron chi connectivity index (χ2n) is 7.15. The van der Waals surface area contributed by atoms with Gasteiger partial charge in [0.25, 0.3) is 5.91 Å². The molecule has 140 valence electrons. The van der Waals surface area contributed by atoms with E-state index in [1.807, 2.05) is 53.7 Å². The molecule has 2 aliphatic heterocycles. The molecule has 0 aliphatic carbocycles. The van der Waals surface area contributed by atoms with Crippen molar-refractivity contribution in [1.82, 2.24) is 19.7 Å². The summed E-state index contributed by atoms with van der Waals surface area (Å²) in [5, 5.41) is 0. The molecule has 0 radical (unpaired) electrons. The van der Waals surface area contributed by atoms with Crippen LogP contribution in [-0.2, 0) is 17.8 Å². The number of fused-ring (bicyclic) bond motifs is 1. The topological polar surface area (TPSA) is 56.8 Å². The first-order valence-corrected chi connectivity index (χ1v) is 9.47. The quantitative estimate of drug-likeness (QED) is 0.805. The van der Waals surface area contributed by atoms with Crippen LogP contribution in [0.5, 0.6) is 0 Å². The Balaban J connectivity index is 1.24. The highest BCUT2D eigenvalue weighted by Crippen LogP contribution is 2.22. The van der Waals surface area contributed by atoms with Gasteiger partial charge in [0.1, 0.15) is 6.54 Å². The molecule has 0 spiro atoms. The highest BCUT2D eigenvalue weighted by Gasteiger charge is 2.30. The summed E-state index contributed by atoms with van der Waals surface area (Å²) in [6.45, 7) is 4.91. The van der Waals surface area contributed by atoms with Crippen LogP contribution in [0.25, 0.3) is 0 Å². The van der Waals surface area contributed by atoms with Crippen LogP contribution in [0.3, 0.4) is 0 Å². The molecular weight excluding hydrogens is 340 g/mol. The third kappa shape index (κ3) is 4.01. The molecule has 1 aromatic heterocycles. The summed E-state index contributed by atoms with van der Waals surface area (Å²) in [6.07, 6.45) is 4.64. The van der Waals surface area contributed by atoms with Crippen LogP contribution in [0.15, 0.2) is 48.8 Å². The molecule has 0 saturated carbocycles. The average Bonchev–Trinajstić information content (AvgIpc) is 3.03. The number of nitrogens with zero attached hydrogens (tertiary/aromatic N) is 4. The fourth-order valence-corrected chi connectivity index (χ4v) is 3.76. The van der Waals surface area contributed by atoms with E-state index in [2.05, 4.69) is 9.88 Å². The highest BCUT2D eigenvalue weighted by molar-refractivity contribution is 6.00. The summed E-state index contributed by atoms with van der Waals surface area (Å²) in [4.78, 5) is 35.1. The smallest absolute Gasteiger partial charge is 0.254 e. The van der Waals surface area contributed by atoms with Crippen LogP contribution in [0.2, 0.25) is 0 Å². The van der Waals surface area contributed by atoms with Crippen molar-refractivity contribution in [1.29, 1.82) is 0 Å². The molecule has 1 saturated heterocycles. The van der Waals surface area contributed by atoms with Gasteiger partial charge in [0.15, 0.2) is 0 Å². The highest BCUT2D eigenvalue weighted by atomic mass is 16.2. The van der Waals surface area contributed by atoms with Crippen molar-refractivity contribution < 1.29 is 9.59 Å². The normalized spacial score (nSPS) is 17.3. The first kappa shape index (κ1) is 17.7. The number of carbonyl (C=O) groups is 2. The molecule has 27 heavy (non-hydrogen) atoms. The molecule has 0 bridgehead atoms. The predicted octanol–water partition coefficient (Wildman–Crippen LogP) is 1.42. The number of hydrogen-bond acceptors (Lipinski definition) is 4. The van der Waals surface area contributed by atoms with Gasteiger partial charge >= 0.3 is 0 Å². The van der Waals surface area contributed by atoms with E-state index in [0.29, 0.717) is 6.54 Å². The van der Waals surface area contributed by atoms with Gasteiger partial charge in [0, 0.05) is 57.2 Å². The molecule has 2 amide bonds. The fourth-order valence-electron chi connectivity index (χ4n) is 3.76. The van der Waals surface area contributed by atoms with E-state index < -0.39 is 0 Å². The SMILES string of the molecule is O=C(CN1Cc2ccccc2C1=O)N1CCN(CCc2ccncc2)CC1. The Bertz CT molecular complexity index is 816. The summed E-state index contributed by atoms with van der Waals surface area (Å²) in [6, 6.07) is 11.7. The molecule has 1 fully saturated rings. The summed E-state index contributed by atoms with van der Waals surface area (Å²) in [5.74, 6) is 0.0138. The van der Waals surface area contributed by atoms with Gasteiger partial charge in [-0.2, -0.15) is 0 Å². The van der Waals surface area contributed by atoms with Gasteiger partial charge in [-0.3, -0.25) is 19.5 Å². The monoisotopic (exact) mass is 364 g/mol. The molecular formula is C21H24N4O2. The second kappa shape index (κ2) is 7.88. The molecule has 6 heteroatoms. The number of pyridine rings is 1. The third-order valence-corrected chi connectivity index (χ3v) is 5.41. The van der Waals surface area contributed by atoms with Crippen molar-refractivity contribution in [2.24, 2.45) is 0 Å². The average molecular weight is 364 g/mol. The lowest BCUT2D eigenvalue weighted by atomic mass is 10.1. The van der Waals surface area contributed by atoms with E-state index in [0.717, 1.165) is 50.3 Å². The molecule has 0 unspecified atom stereocenters. The number of hydrogen-bond donors (Lipinski definition) is 0. The zero-order chi connectivity index (χ0) is 18.6. The largest absolute Gasteiger partial charge is 0.339 e. The maximum absolute atomic E-state index is 12.6. The minimum Gasteiger partial charge on any atom is -0.339 e. The van der Waals surface area contributed by atoms with Crippen molar-refractivity contribution >= 4 is 11.8 Å². The molecule has 0 atom stereocenters. The lowest BCUT2D eigenvalue weighted by Gasteiger charge is -2.35. The maximum Gasteiger partial charge on any atom is 0.254 e. The molecule has 3 heterocycles. The standard InChI is InChI=1S/C21H24N4O2/c26-20(16-25-15-18-3-1-2-4-19(18)21(25)27)24-13-11-23(12-14-24)10-7-17-5-8-22-9-6-17/h1-6,8-9H,7,10-16H2. The maximum atomic E-state index is 12.6. The van der Waals surface area contributed by atoms with E-state index in [9.17, 15) is 9.59 Å². The van der Waals surface area contributed by atoms with Crippen LogP contribution in [-0.4, -0.2) is 70.8 Å². The first-order chi connectivity index (χ1) is 13.2. The number of amides is 2. The number of rotatable bonds is 5. The Morgan fingerprint density at radius 2 is 1.74 bits per heavy atom. The molecule has 0 N–H and O–H groups in total. The number of carbonyl (C=O) groups excluding carboxylic acids is 2. The number of aromatic nitrogens is 1. The second-order valence-corrected chi connectivity index (χ2v) is 7.15. The lowest BCUT2D eigenvalue weighted by molar-refractivity contribution is -0.133. The number of benzene rings is 1. The van der Waals surface area contributed by atoms with E-state index in [-0.39, 0.29) is 18.4 Å². The van der Waals surface area contributed by atoms with Gasteiger partial charge < -0.3 is 9.80 Å². The minimum absolute atomic E-state index is 0.0325. The van der Waals surface area contributed by atoms with Crippen molar-refractivity contribution in [3.63, 3.8) is 0 Å². The van der Waals surface area contributed by atoms with E-state index >= 15 is 0 Å². The van der Waals surface area contributed by atoms with Gasteiger partial charge in [-0.1, -0.05) is 18.2 Å². The molecule has 6 nitrogen and oxygen atoms in total. The van der Waals surface area contributed by atoms with E-state index in [1.54, 1.807) is 4.90 Å². The molecule has 1 aromatic carbocycles. The Kier molecular flexibility index (Phi) is 5.16. The van der Waals surface area contributed by atoms with Crippen molar-refractivity contribution in [3.05, 3.63) is 65.5 Å². The van der Waals surface area contributed by atoms with Crippen molar-refractivity contribution in [2.75, 3.05) is 39.3 Å². The van der Waals surface area contributed by atoms with Crippen LogP contribution < -0.4 is 0 Å². The van der Waals surface area contributed by atoms with E-state index in [4.69, 9.17) is 0 Å². The predicted molar refractivity (Wildman–Crippen MR) is 102 cm³/mol. The Labute approximate surface area is 159 Å². The Morgan fingerprint density at radius 3 is 2.48 bits per heavy atom. The van der Waals surface area contributed by atoms with Crippen LogP contribution in [0.1, 0.15) is 21.5 Å². The summed E-state index contributed by atoms with van der Waals surface area (Å²) in [5.41, 5.74) is 3.03. The summed E-state index contributed by atoms with van der Waals surface area (Å²) in [7, 11) is 0. The van der Waals surface area contributed by atoms with Crippen molar-refractivity contribution in [2.45, 2.75) is 13.0 Å². The first-order valence-electron chi connectivity index (χ1n) is 9.47. The molecule has 2 aromatic rings. The van der Waals surface area contributed by atoms with E-state index in [1.165, 1.54) is 5.56 Å². The van der Waals surface area contributed by atoms with Gasteiger partial charge in [0.2, 0.25) is 5.91 Å². The van der Waals surface area contributed by atoms with Gasteiger partial charge in [-0.15, -0.1) is 0 Å². The third-order valence-electron chi connectivity index (χ3n) is 5.41. The lowest BCUT2D eigenvalue weighted by Crippen LogP contribution is -2.51. The minimum atomic E-state index is -0.0325. The van der Waals surface area contributed by atoms with Gasteiger partial charge in [-0.05, 0) is 35.7 Å². The Morgan fingerprint density at radius 1 is 1.00 bits per heavy atom. The van der Waals surface area contributed by atoms with Crippen LogP contribution in [0, 0.1) is 0 Å².